The number of hydrogen-bond donors (Lipinski definition) is 1. The first-order chi connectivity index (χ1) is 16.1. The van der Waals surface area contributed by atoms with Gasteiger partial charge in [-0.05, 0) is 57.5 Å². The summed E-state index contributed by atoms with van der Waals surface area (Å²) >= 11 is 1.31. The smallest absolute Gasteiger partial charge is 0.271 e. The predicted molar refractivity (Wildman–Crippen MR) is 132 cm³/mol. The lowest BCUT2D eigenvalue weighted by Gasteiger charge is -2.32. The zero-order valence-corrected chi connectivity index (χ0v) is 20.2. The SMILES string of the molecule is CC(=O)c1ccc(NC(=O)Cn2cnc3c(sc4nc(C)c5c(c43)CC(C)(C)OC5)c2=O)cc1. The Labute approximate surface area is 199 Å². The Morgan fingerprint density at radius 1 is 1.21 bits per heavy atom. The average Bonchev–Trinajstić information content (AvgIpc) is 3.14. The van der Waals surface area contributed by atoms with Gasteiger partial charge in [-0.15, -0.1) is 11.3 Å². The number of amides is 1. The Hall–Kier alpha value is -3.43. The van der Waals surface area contributed by atoms with Gasteiger partial charge in [0, 0.05) is 34.3 Å². The van der Waals surface area contributed by atoms with Gasteiger partial charge < -0.3 is 10.1 Å². The molecule has 5 rings (SSSR count). The molecule has 1 N–H and O–H groups in total. The number of fused-ring (bicyclic) bond motifs is 5. The first kappa shape index (κ1) is 22.4. The van der Waals surface area contributed by atoms with E-state index in [-0.39, 0.29) is 29.4 Å². The molecule has 0 atom stereocenters. The van der Waals surface area contributed by atoms with Gasteiger partial charge in [0.2, 0.25) is 5.91 Å². The number of hydrogen-bond acceptors (Lipinski definition) is 7. The van der Waals surface area contributed by atoms with E-state index in [0.29, 0.717) is 34.5 Å². The molecule has 34 heavy (non-hydrogen) atoms. The normalized spacial score (nSPS) is 14.8. The molecule has 0 saturated heterocycles. The van der Waals surface area contributed by atoms with E-state index in [1.807, 2.05) is 6.92 Å². The van der Waals surface area contributed by atoms with Gasteiger partial charge in [-0.1, -0.05) is 0 Å². The molecule has 4 aromatic rings. The molecule has 1 amide bonds. The van der Waals surface area contributed by atoms with Gasteiger partial charge in [-0.25, -0.2) is 9.97 Å². The molecule has 1 aliphatic heterocycles. The lowest BCUT2D eigenvalue weighted by Crippen LogP contribution is -2.32. The summed E-state index contributed by atoms with van der Waals surface area (Å²) in [4.78, 5) is 47.3. The molecule has 0 bridgehead atoms. The predicted octanol–water partition coefficient (Wildman–Crippen LogP) is 4.01. The van der Waals surface area contributed by atoms with E-state index >= 15 is 0 Å². The summed E-state index contributed by atoms with van der Waals surface area (Å²) in [6.45, 7) is 7.87. The molecular formula is C25H24N4O4S. The number of carbonyl (C=O) groups is 2. The Bertz CT molecular complexity index is 1530. The lowest BCUT2D eigenvalue weighted by atomic mass is 9.89. The van der Waals surface area contributed by atoms with Crippen molar-refractivity contribution < 1.29 is 14.3 Å². The average molecular weight is 477 g/mol. The summed E-state index contributed by atoms with van der Waals surface area (Å²) in [6, 6.07) is 6.62. The molecule has 174 valence electrons. The number of anilines is 1. The summed E-state index contributed by atoms with van der Waals surface area (Å²) < 4.78 is 7.78. The highest BCUT2D eigenvalue weighted by molar-refractivity contribution is 7.25. The van der Waals surface area contributed by atoms with E-state index in [4.69, 9.17) is 9.72 Å². The molecule has 0 fully saturated rings. The number of rotatable bonds is 4. The molecule has 3 aromatic heterocycles. The van der Waals surface area contributed by atoms with Crippen LogP contribution in [0.1, 0.15) is 48.0 Å². The van der Waals surface area contributed by atoms with Crippen molar-refractivity contribution in [1.29, 1.82) is 0 Å². The molecule has 0 saturated carbocycles. The third-order valence-electron chi connectivity index (χ3n) is 6.12. The zero-order chi connectivity index (χ0) is 24.2. The number of pyridine rings is 1. The van der Waals surface area contributed by atoms with Crippen molar-refractivity contribution >= 4 is 49.1 Å². The fourth-order valence-electron chi connectivity index (χ4n) is 4.32. The number of ketones is 1. The van der Waals surface area contributed by atoms with Crippen molar-refractivity contribution in [3.8, 4) is 0 Å². The van der Waals surface area contributed by atoms with E-state index < -0.39 is 0 Å². The maximum absolute atomic E-state index is 13.2. The van der Waals surface area contributed by atoms with Crippen molar-refractivity contribution in [2.45, 2.75) is 52.9 Å². The first-order valence-corrected chi connectivity index (χ1v) is 11.8. The second-order valence-corrected chi connectivity index (χ2v) is 10.2. The van der Waals surface area contributed by atoms with E-state index in [9.17, 15) is 14.4 Å². The monoisotopic (exact) mass is 476 g/mol. The second kappa shape index (κ2) is 8.11. The minimum absolute atomic E-state index is 0.0471. The van der Waals surface area contributed by atoms with Crippen LogP contribution in [-0.4, -0.2) is 31.8 Å². The van der Waals surface area contributed by atoms with Crippen molar-refractivity contribution in [1.82, 2.24) is 14.5 Å². The maximum atomic E-state index is 13.2. The standard InChI is InChI=1S/C25H24N4O4S/c1-13-18-11-33-25(3,4)9-17(18)20-21-22(34-23(20)27-13)24(32)29(12-26-21)10-19(31)28-16-7-5-15(6-8-16)14(2)30/h5-8,12H,9-11H2,1-4H3,(H,28,31). The van der Waals surface area contributed by atoms with Crippen LogP contribution in [0, 0.1) is 6.92 Å². The van der Waals surface area contributed by atoms with Crippen LogP contribution < -0.4 is 10.9 Å². The number of nitrogens with zero attached hydrogens (tertiary/aromatic N) is 3. The van der Waals surface area contributed by atoms with Gasteiger partial charge >= 0.3 is 0 Å². The highest BCUT2D eigenvalue weighted by Gasteiger charge is 2.31. The van der Waals surface area contributed by atoms with Gasteiger partial charge in [-0.3, -0.25) is 19.0 Å². The topological polar surface area (TPSA) is 103 Å². The van der Waals surface area contributed by atoms with Crippen molar-refractivity contribution in [3.05, 3.63) is 63.3 Å². The third-order valence-corrected chi connectivity index (χ3v) is 7.18. The molecule has 1 aliphatic rings. The summed E-state index contributed by atoms with van der Waals surface area (Å²) in [5, 5.41) is 3.67. The first-order valence-electron chi connectivity index (χ1n) is 11.0. The third kappa shape index (κ3) is 3.91. The molecule has 0 unspecified atom stereocenters. The molecule has 9 heteroatoms. The Kier molecular flexibility index (Phi) is 5.33. The van der Waals surface area contributed by atoms with Gasteiger partial charge in [0.15, 0.2) is 5.78 Å². The van der Waals surface area contributed by atoms with Crippen molar-refractivity contribution in [2.75, 3.05) is 5.32 Å². The second-order valence-electron chi connectivity index (χ2n) is 9.20. The van der Waals surface area contributed by atoms with E-state index in [2.05, 4.69) is 24.1 Å². The molecule has 0 radical (unpaired) electrons. The highest BCUT2D eigenvalue weighted by atomic mass is 32.1. The van der Waals surface area contributed by atoms with Crippen LogP contribution in [0.25, 0.3) is 20.4 Å². The van der Waals surface area contributed by atoms with Crippen LogP contribution in [0.3, 0.4) is 0 Å². The fourth-order valence-corrected chi connectivity index (χ4v) is 5.47. The van der Waals surface area contributed by atoms with Crippen LogP contribution in [0.15, 0.2) is 35.4 Å². The van der Waals surface area contributed by atoms with Gasteiger partial charge in [-0.2, -0.15) is 0 Å². The maximum Gasteiger partial charge on any atom is 0.271 e. The van der Waals surface area contributed by atoms with E-state index in [0.717, 1.165) is 27.0 Å². The quantitative estimate of drug-likeness (QED) is 0.447. The largest absolute Gasteiger partial charge is 0.370 e. The Morgan fingerprint density at radius 3 is 2.65 bits per heavy atom. The molecular weight excluding hydrogens is 452 g/mol. The van der Waals surface area contributed by atoms with Crippen LogP contribution in [0.5, 0.6) is 0 Å². The van der Waals surface area contributed by atoms with Gasteiger partial charge in [0.05, 0.1) is 24.1 Å². The molecule has 0 spiro atoms. The van der Waals surface area contributed by atoms with Crippen LogP contribution in [0.2, 0.25) is 0 Å². The Balaban J connectivity index is 1.49. The number of thiophene rings is 1. The van der Waals surface area contributed by atoms with E-state index in [1.54, 1.807) is 24.3 Å². The van der Waals surface area contributed by atoms with Crippen LogP contribution in [-0.2, 0) is 29.1 Å². The summed E-state index contributed by atoms with van der Waals surface area (Å²) in [5.41, 5.74) is 4.27. The molecule has 4 heterocycles. The number of nitrogens with one attached hydrogen (secondary N) is 1. The summed E-state index contributed by atoms with van der Waals surface area (Å²) in [7, 11) is 0. The molecule has 0 aliphatic carbocycles. The number of carbonyl (C=O) groups excluding carboxylic acids is 2. The molecule has 8 nitrogen and oxygen atoms in total. The van der Waals surface area contributed by atoms with Gasteiger partial charge in [0.1, 0.15) is 16.1 Å². The number of Topliss-reactive ketones (excluding diaryl/α,β-unsaturated/α-hetero) is 1. The fraction of sp³-hybridized carbons (Fsp3) is 0.320. The van der Waals surface area contributed by atoms with E-state index in [1.165, 1.54) is 29.2 Å². The van der Waals surface area contributed by atoms with Crippen LogP contribution >= 0.6 is 11.3 Å². The minimum atomic E-state index is -0.356. The Morgan fingerprint density at radius 2 is 1.94 bits per heavy atom. The summed E-state index contributed by atoms with van der Waals surface area (Å²) in [5.74, 6) is -0.403. The highest BCUT2D eigenvalue weighted by Crippen LogP contribution is 2.39. The summed E-state index contributed by atoms with van der Waals surface area (Å²) in [6.07, 6.45) is 2.13. The van der Waals surface area contributed by atoms with Gasteiger partial charge in [0.25, 0.3) is 5.56 Å². The zero-order valence-electron chi connectivity index (χ0n) is 19.4. The van der Waals surface area contributed by atoms with Crippen molar-refractivity contribution in [2.24, 2.45) is 0 Å². The number of ether oxygens (including phenoxy) is 1. The minimum Gasteiger partial charge on any atom is -0.370 e. The number of benzene rings is 1. The van der Waals surface area contributed by atoms with Crippen LogP contribution in [0.4, 0.5) is 5.69 Å². The number of aromatic nitrogens is 3. The number of aryl methyl sites for hydroxylation is 1. The molecule has 1 aromatic carbocycles. The van der Waals surface area contributed by atoms with Crippen molar-refractivity contribution in [3.63, 3.8) is 0 Å². The lowest BCUT2D eigenvalue weighted by molar-refractivity contribution is -0.116.